The van der Waals surface area contributed by atoms with Crippen LogP contribution >= 0.6 is 12.2 Å². The molecule has 0 heterocycles. The third kappa shape index (κ3) is 6.38. The minimum absolute atomic E-state index is 0.00261. The second kappa shape index (κ2) is 9.68. The maximum atomic E-state index is 12.2. The molecule has 0 aliphatic heterocycles. The van der Waals surface area contributed by atoms with Crippen molar-refractivity contribution in [3.05, 3.63) is 65.2 Å². The lowest BCUT2D eigenvalue weighted by atomic mass is 10.0. The number of carbonyl (C=O) groups excluding carboxylic acids is 2. The van der Waals surface area contributed by atoms with Crippen molar-refractivity contribution in [2.75, 3.05) is 6.61 Å². The predicted octanol–water partition coefficient (Wildman–Crippen LogP) is 2.83. The quantitative estimate of drug-likeness (QED) is 0.545. The maximum Gasteiger partial charge on any atom is 0.276 e. The highest BCUT2D eigenvalue weighted by Gasteiger charge is 2.10. The van der Waals surface area contributed by atoms with Crippen LogP contribution in [-0.4, -0.2) is 23.5 Å². The van der Waals surface area contributed by atoms with E-state index in [4.69, 9.17) is 17.0 Å². The van der Waals surface area contributed by atoms with Crippen LogP contribution in [0.3, 0.4) is 0 Å². The summed E-state index contributed by atoms with van der Waals surface area (Å²) in [5, 5.41) is 2.51. The number of nitrogens with one attached hydrogen (secondary N) is 3. The highest BCUT2D eigenvalue weighted by atomic mass is 32.1. The van der Waals surface area contributed by atoms with Crippen LogP contribution in [0.5, 0.6) is 5.75 Å². The fourth-order valence-electron chi connectivity index (χ4n) is 2.25. The van der Waals surface area contributed by atoms with Crippen LogP contribution in [0.15, 0.2) is 48.5 Å². The van der Waals surface area contributed by atoms with Crippen molar-refractivity contribution in [1.29, 1.82) is 0 Å². The molecule has 2 amide bonds. The van der Waals surface area contributed by atoms with Crippen molar-refractivity contribution in [2.24, 2.45) is 0 Å². The molecule has 2 aromatic carbocycles. The van der Waals surface area contributed by atoms with E-state index in [-0.39, 0.29) is 17.6 Å². The van der Waals surface area contributed by atoms with Gasteiger partial charge >= 0.3 is 0 Å². The van der Waals surface area contributed by atoms with Gasteiger partial charge in [-0.3, -0.25) is 25.8 Å². The summed E-state index contributed by atoms with van der Waals surface area (Å²) in [4.78, 5) is 24.0. The zero-order chi connectivity index (χ0) is 19.8. The van der Waals surface area contributed by atoms with E-state index < -0.39 is 5.91 Å². The number of amides is 2. The first-order chi connectivity index (χ1) is 12.9. The number of ether oxygens (including phenoxy) is 1. The molecule has 7 heteroatoms. The number of hydrogen-bond donors (Lipinski definition) is 3. The first kappa shape index (κ1) is 20.4. The summed E-state index contributed by atoms with van der Waals surface area (Å²) in [6.45, 7) is 5.88. The Labute approximate surface area is 164 Å². The molecule has 27 heavy (non-hydrogen) atoms. The number of rotatable bonds is 5. The molecule has 0 unspecified atom stereocenters. The molecule has 0 saturated heterocycles. The monoisotopic (exact) mass is 385 g/mol. The standard InChI is InChI=1S/C20H23N3O3S/c1-13(2)15-8-10-16(11-9-15)19(25)21-20(27)23-22-18(24)12-26-17-7-5-4-6-14(17)3/h4-11,13H,12H2,1-3H3,(H,22,24)(H2,21,23,25,27). The first-order valence-corrected chi connectivity index (χ1v) is 8.96. The highest BCUT2D eigenvalue weighted by molar-refractivity contribution is 7.80. The van der Waals surface area contributed by atoms with Gasteiger partial charge in [0.15, 0.2) is 11.7 Å². The molecule has 3 N–H and O–H groups in total. The molecule has 6 nitrogen and oxygen atoms in total. The van der Waals surface area contributed by atoms with Gasteiger partial charge < -0.3 is 4.74 Å². The van der Waals surface area contributed by atoms with Gasteiger partial charge in [0.2, 0.25) is 0 Å². The minimum atomic E-state index is -0.420. The van der Waals surface area contributed by atoms with Gasteiger partial charge in [0.05, 0.1) is 0 Å². The number of hydrazine groups is 1. The van der Waals surface area contributed by atoms with Crippen molar-refractivity contribution in [3.63, 3.8) is 0 Å². The van der Waals surface area contributed by atoms with Gasteiger partial charge in [0.25, 0.3) is 11.8 Å². The number of benzene rings is 2. The van der Waals surface area contributed by atoms with E-state index in [0.717, 1.165) is 11.1 Å². The number of hydrogen-bond acceptors (Lipinski definition) is 4. The Kier molecular flexibility index (Phi) is 7.31. The van der Waals surface area contributed by atoms with E-state index >= 15 is 0 Å². The average molecular weight is 385 g/mol. The molecule has 2 rings (SSSR count). The minimum Gasteiger partial charge on any atom is -0.483 e. The predicted molar refractivity (Wildman–Crippen MR) is 109 cm³/mol. The average Bonchev–Trinajstić information content (AvgIpc) is 2.65. The largest absolute Gasteiger partial charge is 0.483 e. The van der Waals surface area contributed by atoms with Gasteiger partial charge in [-0.05, 0) is 54.4 Å². The van der Waals surface area contributed by atoms with Crippen LogP contribution in [0.4, 0.5) is 0 Å². The lowest BCUT2D eigenvalue weighted by Crippen LogP contribution is -2.49. The summed E-state index contributed by atoms with van der Waals surface area (Å²) in [6, 6.07) is 14.7. The van der Waals surface area contributed by atoms with E-state index in [1.807, 2.05) is 37.3 Å². The topological polar surface area (TPSA) is 79.5 Å². The second-order valence-corrected chi connectivity index (χ2v) is 6.70. The summed E-state index contributed by atoms with van der Waals surface area (Å²) in [6.07, 6.45) is 0. The lowest BCUT2D eigenvalue weighted by Gasteiger charge is -2.12. The van der Waals surface area contributed by atoms with Gasteiger partial charge in [0, 0.05) is 5.56 Å². The Morgan fingerprint density at radius 3 is 2.33 bits per heavy atom. The van der Waals surface area contributed by atoms with E-state index in [0.29, 0.717) is 17.2 Å². The zero-order valence-corrected chi connectivity index (χ0v) is 16.4. The SMILES string of the molecule is Cc1ccccc1OCC(=O)NNC(=S)NC(=O)c1ccc(C(C)C)cc1. The fourth-order valence-corrected chi connectivity index (χ4v) is 2.39. The number of carbonyl (C=O) groups is 2. The summed E-state index contributed by atoms with van der Waals surface area (Å²) < 4.78 is 5.43. The molecule has 0 spiro atoms. The molecule has 0 aliphatic rings. The summed E-state index contributed by atoms with van der Waals surface area (Å²) >= 11 is 5.02. The van der Waals surface area contributed by atoms with E-state index in [1.165, 1.54) is 0 Å². The van der Waals surface area contributed by atoms with Crippen molar-refractivity contribution in [1.82, 2.24) is 16.2 Å². The Balaban J connectivity index is 1.75. The van der Waals surface area contributed by atoms with Gasteiger partial charge in [-0.15, -0.1) is 0 Å². The zero-order valence-electron chi connectivity index (χ0n) is 15.5. The van der Waals surface area contributed by atoms with Gasteiger partial charge in [-0.25, -0.2) is 0 Å². The molecule has 0 bridgehead atoms. The molecular formula is C20H23N3O3S. The smallest absolute Gasteiger partial charge is 0.276 e. The number of para-hydroxylation sites is 1. The molecular weight excluding hydrogens is 362 g/mol. The number of aryl methyl sites for hydroxylation is 1. The molecule has 0 saturated carbocycles. The van der Waals surface area contributed by atoms with Crippen molar-refractivity contribution in [2.45, 2.75) is 26.7 Å². The van der Waals surface area contributed by atoms with Crippen LogP contribution in [0.1, 0.15) is 41.3 Å². The highest BCUT2D eigenvalue weighted by Crippen LogP contribution is 2.16. The van der Waals surface area contributed by atoms with Crippen molar-refractivity contribution >= 4 is 29.1 Å². The molecule has 2 aromatic rings. The third-order valence-corrected chi connectivity index (χ3v) is 4.04. The van der Waals surface area contributed by atoms with Crippen LogP contribution in [0, 0.1) is 6.92 Å². The fraction of sp³-hybridized carbons (Fsp3) is 0.250. The van der Waals surface area contributed by atoms with Gasteiger partial charge in [0.1, 0.15) is 5.75 Å². The normalized spacial score (nSPS) is 10.2. The molecule has 0 fully saturated rings. The van der Waals surface area contributed by atoms with Crippen molar-refractivity contribution < 1.29 is 14.3 Å². The van der Waals surface area contributed by atoms with Crippen LogP contribution in [-0.2, 0) is 4.79 Å². The maximum absolute atomic E-state index is 12.2. The molecule has 0 aliphatic carbocycles. The number of thiocarbonyl (C=S) groups is 1. The third-order valence-electron chi connectivity index (χ3n) is 3.83. The summed E-state index contributed by atoms with van der Waals surface area (Å²) in [5.74, 6) is 0.250. The van der Waals surface area contributed by atoms with E-state index in [9.17, 15) is 9.59 Å². The Hall–Kier alpha value is -2.93. The van der Waals surface area contributed by atoms with Crippen molar-refractivity contribution in [3.8, 4) is 5.75 Å². The second-order valence-electron chi connectivity index (χ2n) is 6.29. The molecule has 0 radical (unpaired) electrons. The van der Waals surface area contributed by atoms with Crippen LogP contribution < -0.4 is 20.9 Å². The Morgan fingerprint density at radius 1 is 1.04 bits per heavy atom. The van der Waals surface area contributed by atoms with E-state index in [2.05, 4.69) is 30.0 Å². The van der Waals surface area contributed by atoms with Crippen LogP contribution in [0.2, 0.25) is 0 Å². The Bertz CT molecular complexity index is 819. The molecule has 0 aromatic heterocycles. The molecule has 142 valence electrons. The van der Waals surface area contributed by atoms with Crippen LogP contribution in [0.25, 0.3) is 0 Å². The van der Waals surface area contributed by atoms with E-state index in [1.54, 1.807) is 18.2 Å². The van der Waals surface area contributed by atoms with Gasteiger partial charge in [-0.1, -0.05) is 44.2 Å². The Morgan fingerprint density at radius 2 is 1.70 bits per heavy atom. The lowest BCUT2D eigenvalue weighted by molar-refractivity contribution is -0.123. The summed E-state index contributed by atoms with van der Waals surface area (Å²) in [5.41, 5.74) is 7.43. The summed E-state index contributed by atoms with van der Waals surface area (Å²) in [7, 11) is 0. The molecule has 0 atom stereocenters. The first-order valence-electron chi connectivity index (χ1n) is 8.55. The van der Waals surface area contributed by atoms with Gasteiger partial charge in [-0.2, -0.15) is 0 Å².